The highest BCUT2D eigenvalue weighted by atomic mass is 15.0. The average molecular weight is 622 g/mol. The number of hydrogen-bond donors (Lipinski definition) is 0. The van der Waals surface area contributed by atoms with E-state index < -0.39 is 0 Å². The van der Waals surface area contributed by atoms with E-state index in [1.165, 1.54) is 44.2 Å². The van der Waals surface area contributed by atoms with Crippen LogP contribution >= 0.6 is 0 Å². The Bertz CT molecular complexity index is 2320. The first kappa shape index (κ1) is 28.9. The molecule has 0 spiro atoms. The van der Waals surface area contributed by atoms with Gasteiger partial charge in [-0.3, -0.25) is 0 Å². The van der Waals surface area contributed by atoms with Crippen molar-refractivity contribution in [3.05, 3.63) is 168 Å². The number of hydrogen-bond acceptors (Lipinski definition) is 2. The first-order valence-corrected chi connectivity index (χ1v) is 17.3. The van der Waals surface area contributed by atoms with Crippen molar-refractivity contribution in [1.82, 2.24) is 14.5 Å². The molecule has 0 aliphatic heterocycles. The third-order valence-corrected chi connectivity index (χ3v) is 11.0. The summed E-state index contributed by atoms with van der Waals surface area (Å²) in [5.41, 5.74) is 11.1. The molecule has 2 heterocycles. The van der Waals surface area contributed by atoms with Crippen LogP contribution in [0.3, 0.4) is 0 Å². The summed E-state index contributed by atoms with van der Waals surface area (Å²) in [6.07, 6.45) is 27.9. The molecule has 5 aromatic rings. The van der Waals surface area contributed by atoms with E-state index in [1.807, 2.05) is 6.07 Å². The SMILES string of the molecule is CC1C=C(n2c3ccccc3c3cc4c(cc32)C2C=CC=CC2C4(C)C)C=CC1c1cc(C2=CC=CC=CC2)nc(-c2ccccc2)n1. The molecule has 0 saturated carbocycles. The van der Waals surface area contributed by atoms with Crippen LogP contribution < -0.4 is 0 Å². The van der Waals surface area contributed by atoms with Crippen LogP contribution in [-0.4, -0.2) is 14.5 Å². The lowest BCUT2D eigenvalue weighted by atomic mass is 9.74. The van der Waals surface area contributed by atoms with E-state index in [0.717, 1.165) is 29.2 Å². The largest absolute Gasteiger partial charge is 0.310 e. The lowest BCUT2D eigenvalue weighted by Crippen LogP contribution is -2.24. The van der Waals surface area contributed by atoms with Gasteiger partial charge in [-0.1, -0.05) is 136 Å². The molecule has 234 valence electrons. The van der Waals surface area contributed by atoms with Crippen molar-refractivity contribution in [2.24, 2.45) is 11.8 Å². The Morgan fingerprint density at radius 1 is 0.750 bits per heavy atom. The minimum absolute atomic E-state index is 0.0821. The fourth-order valence-electron chi connectivity index (χ4n) is 8.52. The third-order valence-electron chi connectivity index (χ3n) is 11.0. The van der Waals surface area contributed by atoms with Crippen molar-refractivity contribution in [3.8, 4) is 11.4 Å². The first-order valence-electron chi connectivity index (χ1n) is 17.3. The molecule has 4 atom stereocenters. The summed E-state index contributed by atoms with van der Waals surface area (Å²) in [6.45, 7) is 7.16. The molecule has 4 aliphatic rings. The smallest absolute Gasteiger partial charge is 0.160 e. The van der Waals surface area contributed by atoms with Gasteiger partial charge in [0.25, 0.3) is 0 Å². The Labute approximate surface area is 282 Å². The standard InChI is InChI=1S/C45H39N3/c1-29-25-32(23-24-33(29)41-28-40(30-15-7-4-5-8-16-30)46-44(47-41)31-17-9-6-10-18-31)48-42-22-14-12-20-35(42)37-26-39-36(27-43(37)48)34-19-11-13-21-38(34)45(39,2)3/h4-15,17-29,33-34,38H,16H2,1-3H3. The van der Waals surface area contributed by atoms with Crippen LogP contribution in [0.2, 0.25) is 0 Å². The van der Waals surface area contributed by atoms with Gasteiger partial charge in [0, 0.05) is 33.9 Å². The zero-order valence-electron chi connectivity index (χ0n) is 27.7. The predicted octanol–water partition coefficient (Wildman–Crippen LogP) is 11.1. The molecule has 0 radical (unpaired) electrons. The molecule has 0 amide bonds. The molecular weight excluding hydrogens is 583 g/mol. The van der Waals surface area contributed by atoms with Crippen molar-refractivity contribution in [2.75, 3.05) is 0 Å². The van der Waals surface area contributed by atoms with Crippen LogP contribution in [0.1, 0.15) is 61.5 Å². The Morgan fingerprint density at radius 3 is 2.46 bits per heavy atom. The lowest BCUT2D eigenvalue weighted by molar-refractivity contribution is 0.394. The molecule has 0 fully saturated rings. The Morgan fingerprint density at radius 2 is 1.58 bits per heavy atom. The minimum Gasteiger partial charge on any atom is -0.310 e. The van der Waals surface area contributed by atoms with Gasteiger partial charge in [0.2, 0.25) is 0 Å². The fraction of sp³-hybridized carbons (Fsp3) is 0.200. The maximum absolute atomic E-state index is 5.20. The Balaban J connectivity index is 1.15. The molecule has 4 unspecified atom stereocenters. The second kappa shape index (κ2) is 11.2. The zero-order chi connectivity index (χ0) is 32.4. The zero-order valence-corrected chi connectivity index (χ0v) is 27.7. The number of allylic oxidation sites excluding steroid dienone is 14. The molecule has 0 saturated heterocycles. The quantitative estimate of drug-likeness (QED) is 0.200. The topological polar surface area (TPSA) is 30.7 Å². The van der Waals surface area contributed by atoms with E-state index >= 15 is 0 Å². The van der Waals surface area contributed by atoms with Crippen LogP contribution in [0.4, 0.5) is 0 Å². The van der Waals surface area contributed by atoms with Crippen molar-refractivity contribution in [3.63, 3.8) is 0 Å². The normalized spacial score (nSPS) is 23.6. The molecule has 3 nitrogen and oxygen atoms in total. The van der Waals surface area contributed by atoms with E-state index in [9.17, 15) is 0 Å². The molecular formula is C45H39N3. The van der Waals surface area contributed by atoms with Gasteiger partial charge >= 0.3 is 0 Å². The molecule has 48 heavy (non-hydrogen) atoms. The van der Waals surface area contributed by atoms with Gasteiger partial charge in [0.1, 0.15) is 0 Å². The van der Waals surface area contributed by atoms with Crippen molar-refractivity contribution >= 4 is 33.1 Å². The minimum atomic E-state index is 0.0821. The van der Waals surface area contributed by atoms with Crippen LogP contribution in [-0.2, 0) is 5.41 Å². The molecule has 2 aromatic heterocycles. The van der Waals surface area contributed by atoms with Gasteiger partial charge in [-0.05, 0) is 70.7 Å². The first-order chi connectivity index (χ1) is 23.5. The van der Waals surface area contributed by atoms with Crippen LogP contribution in [0.25, 0.3) is 44.5 Å². The molecule has 9 rings (SSSR count). The highest BCUT2D eigenvalue weighted by molar-refractivity contribution is 6.11. The molecule has 0 bridgehead atoms. The highest BCUT2D eigenvalue weighted by Crippen LogP contribution is 2.54. The lowest BCUT2D eigenvalue weighted by Gasteiger charge is -2.29. The summed E-state index contributed by atoms with van der Waals surface area (Å²) in [5.74, 6) is 2.04. The second-order valence-corrected chi connectivity index (χ2v) is 14.3. The van der Waals surface area contributed by atoms with E-state index in [4.69, 9.17) is 9.97 Å². The molecule has 0 N–H and O–H groups in total. The maximum Gasteiger partial charge on any atom is 0.160 e. The number of aromatic nitrogens is 3. The van der Waals surface area contributed by atoms with Gasteiger partial charge in [-0.15, -0.1) is 0 Å². The van der Waals surface area contributed by atoms with Gasteiger partial charge in [-0.2, -0.15) is 0 Å². The average Bonchev–Trinajstić information content (AvgIpc) is 3.36. The van der Waals surface area contributed by atoms with Gasteiger partial charge in [0.05, 0.1) is 22.4 Å². The summed E-state index contributed by atoms with van der Waals surface area (Å²) >= 11 is 0. The van der Waals surface area contributed by atoms with E-state index in [1.54, 1.807) is 0 Å². The van der Waals surface area contributed by atoms with Crippen molar-refractivity contribution in [1.29, 1.82) is 0 Å². The second-order valence-electron chi connectivity index (χ2n) is 14.3. The van der Waals surface area contributed by atoms with Gasteiger partial charge in [0.15, 0.2) is 5.82 Å². The predicted molar refractivity (Wildman–Crippen MR) is 201 cm³/mol. The molecule has 4 aliphatic carbocycles. The summed E-state index contributed by atoms with van der Waals surface area (Å²) < 4.78 is 2.49. The highest BCUT2D eigenvalue weighted by Gasteiger charge is 2.45. The Hall–Kier alpha value is -5.28. The Kier molecular flexibility index (Phi) is 6.72. The number of benzene rings is 3. The summed E-state index contributed by atoms with van der Waals surface area (Å²) in [5, 5.41) is 2.64. The van der Waals surface area contributed by atoms with Gasteiger partial charge in [-0.25, -0.2) is 9.97 Å². The summed E-state index contributed by atoms with van der Waals surface area (Å²) in [7, 11) is 0. The van der Waals surface area contributed by atoms with Gasteiger partial charge < -0.3 is 4.57 Å². The monoisotopic (exact) mass is 621 g/mol. The number of nitrogens with zero attached hydrogens (tertiary/aromatic N) is 3. The summed E-state index contributed by atoms with van der Waals surface area (Å²) in [6, 6.07) is 26.5. The van der Waals surface area contributed by atoms with E-state index in [0.29, 0.717) is 11.8 Å². The van der Waals surface area contributed by atoms with E-state index in [2.05, 4.69) is 165 Å². The molecule has 3 heteroatoms. The van der Waals surface area contributed by atoms with Crippen molar-refractivity contribution in [2.45, 2.75) is 44.4 Å². The summed E-state index contributed by atoms with van der Waals surface area (Å²) in [4.78, 5) is 10.3. The number of rotatable bonds is 4. The number of fused-ring (bicyclic) bond motifs is 6. The van der Waals surface area contributed by atoms with E-state index in [-0.39, 0.29) is 17.3 Å². The van der Waals surface area contributed by atoms with Crippen LogP contribution in [0.5, 0.6) is 0 Å². The number of para-hydroxylation sites is 1. The third kappa shape index (κ3) is 4.56. The molecule has 3 aromatic carbocycles. The van der Waals surface area contributed by atoms with Crippen LogP contribution in [0, 0.1) is 11.8 Å². The van der Waals surface area contributed by atoms with Crippen molar-refractivity contribution < 1.29 is 0 Å². The van der Waals surface area contributed by atoms with Crippen LogP contribution in [0.15, 0.2) is 146 Å². The fourth-order valence-corrected chi connectivity index (χ4v) is 8.52. The maximum atomic E-state index is 5.20.